The van der Waals surface area contributed by atoms with Crippen LogP contribution in [-0.4, -0.2) is 16.1 Å². The summed E-state index contributed by atoms with van der Waals surface area (Å²) in [7, 11) is 0. The highest BCUT2D eigenvalue weighted by molar-refractivity contribution is 5.84. The van der Waals surface area contributed by atoms with E-state index in [2.05, 4.69) is 10.3 Å². The Morgan fingerprint density at radius 1 is 1.44 bits per heavy atom. The lowest BCUT2D eigenvalue weighted by Crippen LogP contribution is -2.18. The molecule has 0 aliphatic heterocycles. The monoisotopic (exact) mass is 246 g/mol. The molecule has 2 N–H and O–H groups in total. The lowest BCUT2D eigenvalue weighted by Gasteiger charge is -2.11. The van der Waals surface area contributed by atoms with Crippen molar-refractivity contribution in [2.24, 2.45) is 0 Å². The van der Waals surface area contributed by atoms with Crippen molar-refractivity contribution in [1.82, 2.24) is 10.3 Å². The van der Waals surface area contributed by atoms with Crippen LogP contribution in [0.25, 0.3) is 0 Å². The molecule has 2 rings (SSSR count). The van der Waals surface area contributed by atoms with Crippen LogP contribution in [0.1, 0.15) is 35.0 Å². The highest BCUT2D eigenvalue weighted by Gasteiger charge is 2.10. The molecule has 18 heavy (non-hydrogen) atoms. The molecule has 94 valence electrons. The highest BCUT2D eigenvalue weighted by Crippen LogP contribution is 2.11. The molecule has 0 saturated heterocycles. The van der Waals surface area contributed by atoms with Crippen LogP contribution in [0.15, 0.2) is 40.9 Å². The Morgan fingerprint density at radius 2 is 2.28 bits per heavy atom. The number of nitrogens with one attached hydrogen (secondary N) is 1. The van der Waals surface area contributed by atoms with Gasteiger partial charge in [-0.2, -0.15) is 0 Å². The van der Waals surface area contributed by atoms with Crippen LogP contribution in [0.3, 0.4) is 0 Å². The molecular weight excluding hydrogens is 232 g/mol. The Bertz CT molecular complexity index is 522. The van der Waals surface area contributed by atoms with E-state index in [-0.39, 0.29) is 11.8 Å². The van der Waals surface area contributed by atoms with Crippen molar-refractivity contribution in [3.63, 3.8) is 0 Å². The van der Waals surface area contributed by atoms with Gasteiger partial charge in [0.05, 0.1) is 12.2 Å². The summed E-state index contributed by atoms with van der Waals surface area (Å²) in [5.41, 5.74) is 0.933. The number of rotatable bonds is 5. The van der Waals surface area contributed by atoms with Crippen LogP contribution in [0, 0.1) is 0 Å². The maximum Gasteiger partial charge on any atom is 0.371 e. The first-order chi connectivity index (χ1) is 8.66. The zero-order chi connectivity index (χ0) is 13.0. The first-order valence-electron chi connectivity index (χ1n) is 5.63. The molecule has 5 nitrogen and oxygen atoms in total. The second-order valence-corrected chi connectivity index (χ2v) is 3.93. The van der Waals surface area contributed by atoms with Gasteiger partial charge in [0.25, 0.3) is 0 Å². The number of nitrogens with zero attached hydrogens (tertiary/aromatic N) is 1. The van der Waals surface area contributed by atoms with E-state index < -0.39 is 5.97 Å². The van der Waals surface area contributed by atoms with Gasteiger partial charge in [-0.05, 0) is 31.2 Å². The van der Waals surface area contributed by atoms with Crippen LogP contribution in [0.2, 0.25) is 0 Å². The molecule has 0 aromatic carbocycles. The summed E-state index contributed by atoms with van der Waals surface area (Å²) in [6.07, 6.45) is 1.74. The minimum absolute atomic E-state index is 0.0442. The average molecular weight is 246 g/mol. The zero-order valence-corrected chi connectivity index (χ0v) is 9.96. The van der Waals surface area contributed by atoms with E-state index in [0.29, 0.717) is 12.3 Å². The summed E-state index contributed by atoms with van der Waals surface area (Å²) < 4.78 is 5.15. The van der Waals surface area contributed by atoms with Crippen molar-refractivity contribution in [3.05, 3.63) is 53.7 Å². The van der Waals surface area contributed by atoms with E-state index in [1.165, 1.54) is 6.07 Å². The van der Waals surface area contributed by atoms with Crippen LogP contribution in [-0.2, 0) is 6.54 Å². The van der Waals surface area contributed by atoms with E-state index in [0.717, 1.165) is 5.69 Å². The molecule has 1 atom stereocenters. The molecule has 0 bridgehead atoms. The number of aromatic carboxylic acids is 1. The van der Waals surface area contributed by atoms with E-state index >= 15 is 0 Å². The lowest BCUT2D eigenvalue weighted by atomic mass is 10.2. The van der Waals surface area contributed by atoms with Gasteiger partial charge in [0.1, 0.15) is 5.76 Å². The lowest BCUT2D eigenvalue weighted by molar-refractivity contribution is 0.0660. The second kappa shape index (κ2) is 5.46. The quantitative estimate of drug-likeness (QED) is 0.846. The molecule has 0 radical (unpaired) electrons. The summed E-state index contributed by atoms with van der Waals surface area (Å²) in [6.45, 7) is 2.45. The van der Waals surface area contributed by atoms with E-state index in [9.17, 15) is 4.79 Å². The number of carboxylic acid groups (broad SMARTS) is 1. The first kappa shape index (κ1) is 12.3. The van der Waals surface area contributed by atoms with Crippen LogP contribution >= 0.6 is 0 Å². The van der Waals surface area contributed by atoms with Crippen molar-refractivity contribution < 1.29 is 14.3 Å². The minimum Gasteiger partial charge on any atom is -0.475 e. The molecular formula is C13H14N2O3. The summed E-state index contributed by atoms with van der Waals surface area (Å²) in [5, 5.41) is 11.9. The third-order valence-corrected chi connectivity index (χ3v) is 2.59. The van der Waals surface area contributed by atoms with Gasteiger partial charge in [-0.15, -0.1) is 0 Å². The number of carbonyl (C=O) groups is 1. The molecule has 2 heterocycles. The number of hydrogen-bond acceptors (Lipinski definition) is 4. The smallest absolute Gasteiger partial charge is 0.371 e. The largest absolute Gasteiger partial charge is 0.475 e. The van der Waals surface area contributed by atoms with Gasteiger partial charge < -0.3 is 14.8 Å². The number of aromatic nitrogens is 1. The summed E-state index contributed by atoms with van der Waals surface area (Å²) >= 11 is 0. The topological polar surface area (TPSA) is 75.4 Å². The van der Waals surface area contributed by atoms with E-state index in [4.69, 9.17) is 9.52 Å². The first-order valence-corrected chi connectivity index (χ1v) is 5.63. The Kier molecular flexibility index (Phi) is 3.74. The van der Waals surface area contributed by atoms with Crippen molar-refractivity contribution in [1.29, 1.82) is 0 Å². The molecule has 0 amide bonds. The zero-order valence-electron chi connectivity index (χ0n) is 9.96. The Hall–Kier alpha value is -2.14. The maximum absolute atomic E-state index is 10.6. The molecule has 0 aliphatic carbocycles. The molecule has 0 fully saturated rings. The van der Waals surface area contributed by atoms with Gasteiger partial charge in [-0.25, -0.2) is 4.79 Å². The predicted molar refractivity (Wildman–Crippen MR) is 65.2 cm³/mol. The van der Waals surface area contributed by atoms with E-state index in [1.54, 1.807) is 12.3 Å². The third-order valence-electron chi connectivity index (χ3n) is 2.59. The van der Waals surface area contributed by atoms with Gasteiger partial charge in [0.2, 0.25) is 5.76 Å². The van der Waals surface area contributed by atoms with Crippen molar-refractivity contribution in [2.45, 2.75) is 19.5 Å². The highest BCUT2D eigenvalue weighted by atomic mass is 16.4. The van der Waals surface area contributed by atoms with Crippen molar-refractivity contribution in [2.75, 3.05) is 0 Å². The number of furan rings is 1. The van der Waals surface area contributed by atoms with Gasteiger partial charge in [-0.1, -0.05) is 6.07 Å². The van der Waals surface area contributed by atoms with Crippen molar-refractivity contribution >= 4 is 5.97 Å². The molecule has 2 aromatic heterocycles. The minimum atomic E-state index is -1.06. The van der Waals surface area contributed by atoms with Gasteiger partial charge in [0.15, 0.2) is 0 Å². The molecule has 0 aliphatic rings. The van der Waals surface area contributed by atoms with Crippen LogP contribution < -0.4 is 5.32 Å². The Morgan fingerprint density at radius 3 is 2.89 bits per heavy atom. The average Bonchev–Trinajstić information content (AvgIpc) is 2.86. The summed E-state index contributed by atoms with van der Waals surface area (Å²) in [4.78, 5) is 14.9. The van der Waals surface area contributed by atoms with Crippen molar-refractivity contribution in [3.8, 4) is 0 Å². The van der Waals surface area contributed by atoms with Crippen LogP contribution in [0.4, 0.5) is 0 Å². The number of hydrogen-bond donors (Lipinski definition) is 2. The van der Waals surface area contributed by atoms with Crippen LogP contribution in [0.5, 0.6) is 0 Å². The van der Waals surface area contributed by atoms with E-state index in [1.807, 2.05) is 25.1 Å². The molecule has 0 spiro atoms. The Balaban J connectivity index is 1.93. The molecule has 0 unspecified atom stereocenters. The molecule has 5 heteroatoms. The van der Waals surface area contributed by atoms with Gasteiger partial charge in [-0.3, -0.25) is 4.98 Å². The summed E-state index contributed by atoms with van der Waals surface area (Å²) in [5.74, 6) is -0.508. The fraction of sp³-hybridized carbons (Fsp3) is 0.231. The fourth-order valence-electron chi connectivity index (χ4n) is 1.58. The maximum atomic E-state index is 10.6. The standard InChI is InChI=1S/C13H14N2O3/c1-9(11-4-2-3-7-14-11)15-8-10-5-6-12(18-10)13(16)17/h2-7,9,15H,8H2,1H3,(H,16,17)/t9-/m1/s1. The van der Waals surface area contributed by atoms with Gasteiger partial charge >= 0.3 is 5.97 Å². The second-order valence-electron chi connectivity index (χ2n) is 3.93. The van der Waals surface area contributed by atoms with Gasteiger partial charge in [0, 0.05) is 12.2 Å². The predicted octanol–water partition coefficient (Wildman–Crippen LogP) is 2.22. The number of pyridine rings is 1. The number of carboxylic acids is 1. The SMILES string of the molecule is C[C@@H](NCc1ccc(C(=O)O)o1)c1ccccn1. The molecule has 2 aromatic rings. The fourth-order valence-corrected chi connectivity index (χ4v) is 1.58. The summed E-state index contributed by atoms with van der Waals surface area (Å²) in [6, 6.07) is 8.90. The Labute approximate surface area is 104 Å². The molecule has 0 saturated carbocycles. The third kappa shape index (κ3) is 2.95. The normalized spacial score (nSPS) is 12.3.